The van der Waals surface area contributed by atoms with Crippen LogP contribution in [0.25, 0.3) is 11.0 Å². The van der Waals surface area contributed by atoms with Crippen molar-refractivity contribution in [1.82, 2.24) is 9.97 Å². The molecule has 0 spiro atoms. The third-order valence-corrected chi connectivity index (χ3v) is 2.60. The Hall–Kier alpha value is -2.29. The minimum Gasteiger partial charge on any atom is -0.426 e. The third-order valence-electron chi connectivity index (χ3n) is 2.60. The maximum Gasteiger partial charge on any atom is 0.300 e. The minimum absolute atomic E-state index is 0.523. The third kappa shape index (κ3) is 1.99. The molecule has 0 radical (unpaired) electrons. The van der Waals surface area contributed by atoms with Crippen molar-refractivity contribution in [3.05, 3.63) is 54.1 Å². The van der Waals surface area contributed by atoms with Gasteiger partial charge in [0.1, 0.15) is 5.75 Å². The summed E-state index contributed by atoms with van der Waals surface area (Å²) in [7, 11) is 0. The van der Waals surface area contributed by atoms with Gasteiger partial charge >= 0.3 is 0 Å². The molecule has 0 saturated heterocycles. The van der Waals surface area contributed by atoms with Crippen LogP contribution in [-0.2, 0) is 0 Å². The van der Waals surface area contributed by atoms with Crippen molar-refractivity contribution >= 4 is 11.0 Å². The molecule has 0 aliphatic carbocycles. The Labute approximate surface area is 99.1 Å². The quantitative estimate of drug-likeness (QED) is 0.721. The molecular formula is C14H12N2O. The molecule has 3 aromatic rings. The normalized spacial score (nSPS) is 10.6. The summed E-state index contributed by atoms with van der Waals surface area (Å²) in [5.74, 6) is 0.787. The van der Waals surface area contributed by atoms with Crippen molar-refractivity contribution in [3.8, 4) is 11.8 Å². The molecule has 3 nitrogen and oxygen atoms in total. The summed E-state index contributed by atoms with van der Waals surface area (Å²) < 4.78 is 5.65. The first-order valence-corrected chi connectivity index (χ1v) is 5.50. The maximum atomic E-state index is 5.65. The van der Waals surface area contributed by atoms with Crippen molar-refractivity contribution in [2.75, 3.05) is 0 Å². The molecule has 0 amide bonds. The number of imidazole rings is 1. The number of H-pyrrole nitrogens is 1. The molecule has 0 atom stereocenters. The first kappa shape index (κ1) is 9.90. The van der Waals surface area contributed by atoms with Crippen LogP contribution >= 0.6 is 0 Å². The summed E-state index contributed by atoms with van der Waals surface area (Å²) in [5, 5.41) is 0. The van der Waals surface area contributed by atoms with Gasteiger partial charge in [-0.1, -0.05) is 29.8 Å². The summed E-state index contributed by atoms with van der Waals surface area (Å²) in [4.78, 5) is 7.48. The number of hydrogen-bond acceptors (Lipinski definition) is 2. The average Bonchev–Trinajstić information content (AvgIpc) is 2.74. The molecule has 0 fully saturated rings. The Morgan fingerprint density at radius 2 is 1.76 bits per heavy atom. The summed E-state index contributed by atoms with van der Waals surface area (Å²) in [6.45, 7) is 2.05. The molecule has 1 aromatic heterocycles. The predicted octanol–water partition coefficient (Wildman–Crippen LogP) is 3.66. The van der Waals surface area contributed by atoms with Crippen molar-refractivity contribution in [2.45, 2.75) is 6.92 Å². The van der Waals surface area contributed by atoms with E-state index in [4.69, 9.17) is 4.74 Å². The lowest BCUT2D eigenvalue weighted by atomic mass is 10.2. The van der Waals surface area contributed by atoms with Crippen LogP contribution in [0.1, 0.15) is 5.56 Å². The fourth-order valence-corrected chi connectivity index (χ4v) is 1.70. The Bertz CT molecular complexity index is 608. The largest absolute Gasteiger partial charge is 0.426 e. The van der Waals surface area contributed by atoms with Gasteiger partial charge in [0.05, 0.1) is 11.0 Å². The van der Waals surface area contributed by atoms with Crippen LogP contribution in [0.2, 0.25) is 0 Å². The topological polar surface area (TPSA) is 37.9 Å². The number of aromatic amines is 1. The van der Waals surface area contributed by atoms with Crippen molar-refractivity contribution < 1.29 is 4.74 Å². The molecular weight excluding hydrogens is 212 g/mol. The van der Waals surface area contributed by atoms with Crippen LogP contribution < -0.4 is 4.74 Å². The van der Waals surface area contributed by atoms with Crippen molar-refractivity contribution in [1.29, 1.82) is 0 Å². The van der Waals surface area contributed by atoms with E-state index in [9.17, 15) is 0 Å². The van der Waals surface area contributed by atoms with Gasteiger partial charge in [0.25, 0.3) is 6.01 Å². The zero-order valence-electron chi connectivity index (χ0n) is 9.47. The monoisotopic (exact) mass is 224 g/mol. The predicted molar refractivity (Wildman–Crippen MR) is 67.3 cm³/mol. The van der Waals surface area contributed by atoms with Crippen molar-refractivity contribution in [3.63, 3.8) is 0 Å². The number of benzene rings is 2. The number of fused-ring (bicyclic) bond motifs is 1. The van der Waals surface area contributed by atoms with E-state index >= 15 is 0 Å². The van der Waals surface area contributed by atoms with Gasteiger partial charge in [0, 0.05) is 0 Å². The Morgan fingerprint density at radius 3 is 2.53 bits per heavy atom. The van der Waals surface area contributed by atoms with E-state index in [1.807, 2.05) is 55.5 Å². The smallest absolute Gasteiger partial charge is 0.300 e. The van der Waals surface area contributed by atoms with Crippen LogP contribution in [0.3, 0.4) is 0 Å². The summed E-state index contributed by atoms with van der Waals surface area (Å²) in [5.41, 5.74) is 3.10. The lowest BCUT2D eigenvalue weighted by Crippen LogP contribution is -1.85. The lowest BCUT2D eigenvalue weighted by Gasteiger charge is -2.01. The zero-order valence-corrected chi connectivity index (χ0v) is 9.47. The van der Waals surface area contributed by atoms with E-state index in [0.717, 1.165) is 16.8 Å². The minimum atomic E-state index is 0.523. The highest BCUT2D eigenvalue weighted by molar-refractivity contribution is 5.75. The fourth-order valence-electron chi connectivity index (χ4n) is 1.70. The van der Waals surface area contributed by atoms with Crippen LogP contribution in [0.15, 0.2) is 48.5 Å². The standard InChI is InChI=1S/C14H12N2O/c1-10-6-8-11(9-7-10)17-14-15-12-4-2-3-5-13(12)16-14/h2-9H,1H3,(H,15,16). The highest BCUT2D eigenvalue weighted by Crippen LogP contribution is 2.21. The first-order chi connectivity index (χ1) is 8.31. The number of para-hydroxylation sites is 2. The molecule has 1 N–H and O–H groups in total. The van der Waals surface area contributed by atoms with Gasteiger partial charge in [-0.25, -0.2) is 0 Å². The molecule has 3 heteroatoms. The molecule has 0 aliphatic heterocycles. The highest BCUT2D eigenvalue weighted by atomic mass is 16.5. The molecule has 2 aromatic carbocycles. The average molecular weight is 224 g/mol. The van der Waals surface area contributed by atoms with E-state index in [1.165, 1.54) is 5.56 Å². The van der Waals surface area contributed by atoms with E-state index in [0.29, 0.717) is 6.01 Å². The van der Waals surface area contributed by atoms with Crippen LogP contribution in [0.4, 0.5) is 0 Å². The maximum absolute atomic E-state index is 5.65. The Balaban J connectivity index is 1.92. The Morgan fingerprint density at radius 1 is 1.00 bits per heavy atom. The van der Waals surface area contributed by atoms with Gasteiger partial charge in [-0.2, -0.15) is 4.98 Å². The summed E-state index contributed by atoms with van der Waals surface area (Å²) in [6.07, 6.45) is 0. The second-order valence-electron chi connectivity index (χ2n) is 3.97. The van der Waals surface area contributed by atoms with Crippen molar-refractivity contribution in [2.24, 2.45) is 0 Å². The molecule has 0 saturated carbocycles. The van der Waals surface area contributed by atoms with Crippen LogP contribution in [0.5, 0.6) is 11.8 Å². The van der Waals surface area contributed by atoms with E-state index in [-0.39, 0.29) is 0 Å². The molecule has 0 bridgehead atoms. The molecule has 0 aliphatic rings. The van der Waals surface area contributed by atoms with Gasteiger partial charge in [-0.15, -0.1) is 0 Å². The van der Waals surface area contributed by atoms with Gasteiger partial charge in [0.2, 0.25) is 0 Å². The van der Waals surface area contributed by atoms with Crippen LogP contribution in [-0.4, -0.2) is 9.97 Å². The van der Waals surface area contributed by atoms with Crippen LogP contribution in [0, 0.1) is 6.92 Å². The molecule has 0 unspecified atom stereocenters. The number of rotatable bonds is 2. The summed E-state index contributed by atoms with van der Waals surface area (Å²) >= 11 is 0. The second kappa shape index (κ2) is 3.94. The number of ether oxygens (including phenoxy) is 1. The van der Waals surface area contributed by atoms with E-state index in [1.54, 1.807) is 0 Å². The first-order valence-electron chi connectivity index (χ1n) is 5.50. The fraction of sp³-hybridized carbons (Fsp3) is 0.0714. The number of aryl methyl sites for hydroxylation is 1. The van der Waals surface area contributed by atoms with Gasteiger partial charge in [-0.05, 0) is 31.2 Å². The van der Waals surface area contributed by atoms with E-state index in [2.05, 4.69) is 9.97 Å². The van der Waals surface area contributed by atoms with Gasteiger partial charge in [0.15, 0.2) is 0 Å². The molecule has 1 heterocycles. The number of aromatic nitrogens is 2. The number of nitrogens with zero attached hydrogens (tertiary/aromatic N) is 1. The second-order valence-corrected chi connectivity index (χ2v) is 3.97. The Kier molecular flexibility index (Phi) is 2.29. The SMILES string of the molecule is Cc1ccc(Oc2nc3ccccc3[nH]2)cc1. The van der Waals surface area contributed by atoms with Gasteiger partial charge in [-0.3, -0.25) is 0 Å². The lowest BCUT2D eigenvalue weighted by molar-refractivity contribution is 0.449. The van der Waals surface area contributed by atoms with Gasteiger partial charge < -0.3 is 9.72 Å². The number of nitrogens with one attached hydrogen (secondary N) is 1. The number of hydrogen-bond donors (Lipinski definition) is 1. The molecule has 17 heavy (non-hydrogen) atoms. The zero-order chi connectivity index (χ0) is 11.7. The molecule has 3 rings (SSSR count). The highest BCUT2D eigenvalue weighted by Gasteiger charge is 2.03. The molecule has 84 valence electrons. The summed E-state index contributed by atoms with van der Waals surface area (Å²) in [6, 6.07) is 16.3. The van der Waals surface area contributed by atoms with E-state index < -0.39 is 0 Å².